The number of anilines is 1. The van der Waals surface area contributed by atoms with Crippen molar-refractivity contribution in [3.05, 3.63) is 85.4 Å². The molecule has 0 aromatic heterocycles. The number of ketones is 1. The normalized spacial score (nSPS) is 12.9. The number of nitro benzene ring substituents is 2. The fraction of sp³-hybridized carbons (Fsp3) is 0.0500. The predicted octanol–water partition coefficient (Wildman–Crippen LogP) is 3.66. The Morgan fingerprint density at radius 2 is 1.23 bits per heavy atom. The molecule has 4 rings (SSSR count). The number of hydrogen-bond acceptors (Lipinski definition) is 7. The molecule has 1 heterocycles. The third-order valence-electron chi connectivity index (χ3n) is 4.91. The number of non-ortho nitro benzene ring substituents is 2. The van der Waals surface area contributed by atoms with Crippen molar-refractivity contribution in [1.29, 1.82) is 0 Å². The largest absolute Gasteiger partial charge is 0.295 e. The first-order valence-corrected chi connectivity index (χ1v) is 8.60. The first-order chi connectivity index (χ1) is 14.2. The average molecular weight is 405 g/mol. The number of hydrogen-bond donors (Lipinski definition) is 0. The summed E-state index contributed by atoms with van der Waals surface area (Å²) >= 11 is 0. The Balaban J connectivity index is 1.98. The lowest BCUT2D eigenvalue weighted by Gasteiger charge is -2.27. The molecule has 148 valence electrons. The number of Topliss-reactive ketones (excluding diaryl/α,β-unsaturated/α-hetero) is 1. The Hall–Kier alpha value is -4.47. The number of imide groups is 1. The summed E-state index contributed by atoms with van der Waals surface area (Å²) in [7, 11) is 0. The molecule has 0 aliphatic carbocycles. The van der Waals surface area contributed by atoms with Crippen LogP contribution in [0.2, 0.25) is 0 Å². The van der Waals surface area contributed by atoms with Gasteiger partial charge in [-0.1, -0.05) is 0 Å². The molecular weight excluding hydrogens is 394 g/mol. The lowest BCUT2D eigenvalue weighted by molar-refractivity contribution is -0.390. The Morgan fingerprint density at radius 3 is 1.63 bits per heavy atom. The molecule has 2 amide bonds. The van der Waals surface area contributed by atoms with Gasteiger partial charge in [0.05, 0.1) is 15.5 Å². The number of carbonyl (C=O) groups excluding carboxylic acids is 3. The van der Waals surface area contributed by atoms with Gasteiger partial charge in [0.25, 0.3) is 23.2 Å². The van der Waals surface area contributed by atoms with E-state index >= 15 is 0 Å². The third-order valence-corrected chi connectivity index (χ3v) is 4.91. The highest BCUT2D eigenvalue weighted by Crippen LogP contribution is 2.41. The predicted molar refractivity (Wildman–Crippen MR) is 105 cm³/mol. The second-order valence-corrected chi connectivity index (χ2v) is 6.58. The van der Waals surface area contributed by atoms with Crippen molar-refractivity contribution < 1.29 is 24.2 Å². The quantitative estimate of drug-likeness (QED) is 0.279. The summed E-state index contributed by atoms with van der Waals surface area (Å²) in [6, 6.07) is 10.2. The molecular formula is C20H11N3O7. The fourth-order valence-corrected chi connectivity index (χ4v) is 3.53. The van der Waals surface area contributed by atoms with Crippen LogP contribution in [0.5, 0.6) is 0 Å². The number of amides is 2. The molecule has 0 saturated heterocycles. The van der Waals surface area contributed by atoms with E-state index in [1.807, 2.05) is 0 Å². The third kappa shape index (κ3) is 2.62. The van der Waals surface area contributed by atoms with Crippen LogP contribution in [0.1, 0.15) is 38.0 Å². The van der Waals surface area contributed by atoms with E-state index < -0.39 is 33.0 Å². The second kappa shape index (κ2) is 6.55. The van der Waals surface area contributed by atoms with E-state index in [1.54, 1.807) is 0 Å². The van der Waals surface area contributed by atoms with Crippen LogP contribution >= 0.6 is 0 Å². The molecule has 0 saturated carbocycles. The number of nitrogens with zero attached hydrogens (tertiary/aromatic N) is 3. The molecule has 0 spiro atoms. The van der Waals surface area contributed by atoms with Crippen LogP contribution in [-0.2, 0) is 0 Å². The molecule has 0 fully saturated rings. The van der Waals surface area contributed by atoms with Crippen molar-refractivity contribution in [3.8, 4) is 0 Å². The minimum atomic E-state index is -0.794. The van der Waals surface area contributed by atoms with Gasteiger partial charge >= 0.3 is 0 Å². The van der Waals surface area contributed by atoms with Gasteiger partial charge in [-0.3, -0.25) is 34.6 Å². The Bertz CT molecular complexity index is 1240. The number of carbonyl (C=O) groups is 3. The van der Waals surface area contributed by atoms with Gasteiger partial charge in [-0.05, 0) is 43.3 Å². The van der Waals surface area contributed by atoms with Crippen LogP contribution in [0.3, 0.4) is 0 Å². The molecule has 10 nitrogen and oxygen atoms in total. The summed E-state index contributed by atoms with van der Waals surface area (Å²) in [4.78, 5) is 59.8. The molecule has 1 aliphatic rings. The number of rotatable bonds is 4. The Labute approximate surface area is 167 Å². The van der Waals surface area contributed by atoms with Crippen LogP contribution in [-0.4, -0.2) is 27.4 Å². The molecule has 0 unspecified atom stereocenters. The van der Waals surface area contributed by atoms with E-state index in [4.69, 9.17) is 0 Å². The van der Waals surface area contributed by atoms with Gasteiger partial charge in [-0.25, -0.2) is 4.90 Å². The molecule has 0 N–H and O–H groups in total. The van der Waals surface area contributed by atoms with Crippen molar-refractivity contribution >= 4 is 45.4 Å². The first kappa shape index (κ1) is 18.9. The molecule has 1 aliphatic heterocycles. The maximum Gasteiger partial charge on any atom is 0.284 e. The lowest BCUT2D eigenvalue weighted by atomic mass is 9.91. The maximum atomic E-state index is 13.1. The number of nitro groups is 2. The minimum Gasteiger partial charge on any atom is -0.295 e. The average Bonchev–Trinajstić information content (AvgIpc) is 2.71. The van der Waals surface area contributed by atoms with Crippen LogP contribution in [0, 0.1) is 20.2 Å². The number of benzene rings is 3. The van der Waals surface area contributed by atoms with E-state index in [-0.39, 0.29) is 33.4 Å². The maximum absolute atomic E-state index is 13.1. The summed E-state index contributed by atoms with van der Waals surface area (Å²) in [5, 5.41) is 22.4. The highest BCUT2D eigenvalue weighted by Gasteiger charge is 2.38. The second-order valence-electron chi connectivity index (χ2n) is 6.58. The van der Waals surface area contributed by atoms with Crippen LogP contribution < -0.4 is 4.90 Å². The Morgan fingerprint density at radius 1 is 0.767 bits per heavy atom. The molecule has 3 aromatic carbocycles. The van der Waals surface area contributed by atoms with Gasteiger partial charge in [0.2, 0.25) is 0 Å². The smallest absolute Gasteiger partial charge is 0.284 e. The topological polar surface area (TPSA) is 141 Å². The molecule has 0 atom stereocenters. The zero-order valence-corrected chi connectivity index (χ0v) is 15.3. The monoisotopic (exact) mass is 405 g/mol. The van der Waals surface area contributed by atoms with E-state index in [9.17, 15) is 34.6 Å². The summed E-state index contributed by atoms with van der Waals surface area (Å²) in [6.45, 7) is 1.38. The summed E-state index contributed by atoms with van der Waals surface area (Å²) in [5.74, 6) is -1.74. The van der Waals surface area contributed by atoms with Crippen LogP contribution in [0.15, 0.2) is 48.5 Å². The van der Waals surface area contributed by atoms with Crippen LogP contribution in [0.4, 0.5) is 17.1 Å². The van der Waals surface area contributed by atoms with Crippen LogP contribution in [0.25, 0.3) is 10.8 Å². The summed E-state index contributed by atoms with van der Waals surface area (Å²) < 4.78 is 0. The van der Waals surface area contributed by atoms with Gasteiger partial charge < -0.3 is 0 Å². The molecule has 0 bridgehead atoms. The van der Waals surface area contributed by atoms with Crippen molar-refractivity contribution in [2.75, 3.05) is 4.90 Å². The molecule has 0 radical (unpaired) electrons. The standard InChI is InChI=1S/C20H11N3O7/c1-10(24)11-2-4-12(5-3-11)21-19(25)13-6-8-15(22(27)28)18-16(23(29)30)9-7-14(17(13)18)20(21)26/h2-9H,1H3. The van der Waals surface area contributed by atoms with E-state index in [1.165, 1.54) is 43.3 Å². The lowest BCUT2D eigenvalue weighted by Crippen LogP contribution is -2.40. The Kier molecular flexibility index (Phi) is 4.12. The highest BCUT2D eigenvalue weighted by atomic mass is 16.6. The van der Waals surface area contributed by atoms with Crippen molar-refractivity contribution in [2.24, 2.45) is 0 Å². The van der Waals surface area contributed by atoms with Crippen molar-refractivity contribution in [1.82, 2.24) is 0 Å². The SMILES string of the molecule is CC(=O)c1ccc(N2C(=O)c3ccc([N+](=O)[O-])c4c([N+](=O)[O-])ccc(c34)C2=O)cc1. The molecule has 3 aromatic rings. The highest BCUT2D eigenvalue weighted by molar-refractivity contribution is 6.37. The molecule has 30 heavy (non-hydrogen) atoms. The first-order valence-electron chi connectivity index (χ1n) is 8.60. The van der Waals surface area contributed by atoms with E-state index in [2.05, 4.69) is 0 Å². The molecule has 10 heteroatoms. The van der Waals surface area contributed by atoms with Gasteiger partial charge in [0.1, 0.15) is 5.39 Å². The fourth-order valence-electron chi connectivity index (χ4n) is 3.53. The van der Waals surface area contributed by atoms with E-state index in [0.29, 0.717) is 5.56 Å². The van der Waals surface area contributed by atoms with Gasteiger partial charge in [0, 0.05) is 34.2 Å². The van der Waals surface area contributed by atoms with Crippen molar-refractivity contribution in [2.45, 2.75) is 6.92 Å². The van der Waals surface area contributed by atoms with Gasteiger partial charge in [-0.15, -0.1) is 0 Å². The van der Waals surface area contributed by atoms with Gasteiger partial charge in [0.15, 0.2) is 5.78 Å². The summed E-state index contributed by atoms with van der Waals surface area (Å²) in [6.07, 6.45) is 0. The summed E-state index contributed by atoms with van der Waals surface area (Å²) in [5.41, 5.74) is -0.673. The van der Waals surface area contributed by atoms with E-state index in [0.717, 1.165) is 17.0 Å². The van der Waals surface area contributed by atoms with Gasteiger partial charge in [-0.2, -0.15) is 0 Å². The zero-order chi connectivity index (χ0) is 21.7. The zero-order valence-electron chi connectivity index (χ0n) is 15.3. The minimum absolute atomic E-state index is 0.0652. The van der Waals surface area contributed by atoms with Crippen molar-refractivity contribution in [3.63, 3.8) is 0 Å².